The molecule has 36 heavy (non-hydrogen) atoms. The Labute approximate surface area is 206 Å². The van der Waals surface area contributed by atoms with Gasteiger partial charge in [-0.3, -0.25) is 4.79 Å². The quantitative estimate of drug-likeness (QED) is 0.307. The van der Waals surface area contributed by atoms with Gasteiger partial charge in [0, 0.05) is 36.3 Å². The van der Waals surface area contributed by atoms with Gasteiger partial charge in [0.2, 0.25) is 5.88 Å². The predicted octanol–water partition coefficient (Wildman–Crippen LogP) is 6.87. The second kappa shape index (κ2) is 10.1. The Kier molecular flexibility index (Phi) is 6.91. The number of hydrogen-bond donors (Lipinski definition) is 2. The number of amides is 1. The van der Waals surface area contributed by atoms with Crippen molar-refractivity contribution in [3.8, 4) is 22.8 Å². The highest BCUT2D eigenvalue weighted by atomic mass is 19.4. The molecule has 0 spiro atoms. The second-order valence-corrected chi connectivity index (χ2v) is 8.05. The topological polar surface area (TPSA) is 76.1 Å². The number of pyridine rings is 2. The number of carbonyl (C=O) groups excluding carboxylic acids is 1. The van der Waals surface area contributed by atoms with Gasteiger partial charge in [-0.1, -0.05) is 12.1 Å². The number of aromatic nitrogens is 2. The molecule has 0 aliphatic heterocycles. The molecule has 0 bridgehead atoms. The molecule has 1 amide bonds. The summed E-state index contributed by atoms with van der Waals surface area (Å²) in [6.45, 7) is 3.14. The molecule has 0 fully saturated rings. The molecule has 2 aromatic heterocycles. The van der Waals surface area contributed by atoms with E-state index in [0.29, 0.717) is 17.4 Å². The molecule has 184 valence electrons. The number of anilines is 2. The first-order chi connectivity index (χ1) is 17.2. The van der Waals surface area contributed by atoms with Gasteiger partial charge in [0.15, 0.2) is 0 Å². The lowest BCUT2D eigenvalue weighted by Crippen LogP contribution is -2.15. The van der Waals surface area contributed by atoms with Gasteiger partial charge >= 0.3 is 6.18 Å². The van der Waals surface area contributed by atoms with Crippen LogP contribution >= 0.6 is 0 Å². The van der Waals surface area contributed by atoms with E-state index >= 15 is 0 Å². The zero-order chi connectivity index (χ0) is 25.9. The Morgan fingerprint density at radius 1 is 0.944 bits per heavy atom. The number of halogens is 3. The predicted molar refractivity (Wildman–Crippen MR) is 132 cm³/mol. The van der Waals surface area contributed by atoms with Gasteiger partial charge in [0.1, 0.15) is 11.6 Å². The summed E-state index contributed by atoms with van der Waals surface area (Å²) in [7, 11) is 1.77. The van der Waals surface area contributed by atoms with Crippen LogP contribution in [0.3, 0.4) is 0 Å². The average Bonchev–Trinajstić information content (AvgIpc) is 2.86. The van der Waals surface area contributed by atoms with Crippen molar-refractivity contribution in [2.75, 3.05) is 17.7 Å². The molecule has 4 aromatic rings. The van der Waals surface area contributed by atoms with Crippen molar-refractivity contribution < 1.29 is 22.7 Å². The smallest absolute Gasteiger partial charge is 0.416 e. The Bertz CT molecular complexity index is 1420. The average molecular weight is 493 g/mol. The van der Waals surface area contributed by atoms with Crippen LogP contribution in [-0.4, -0.2) is 22.9 Å². The normalized spacial score (nSPS) is 11.2. The molecular weight excluding hydrogens is 469 g/mol. The number of hydrogen-bond acceptors (Lipinski definition) is 5. The number of benzene rings is 2. The summed E-state index contributed by atoms with van der Waals surface area (Å²) in [4.78, 5) is 21.5. The molecule has 6 nitrogen and oxygen atoms in total. The molecule has 4 rings (SSSR count). The van der Waals surface area contributed by atoms with Crippen LogP contribution in [-0.2, 0) is 6.18 Å². The summed E-state index contributed by atoms with van der Waals surface area (Å²) in [5.41, 5.74) is 1.78. The molecule has 0 saturated heterocycles. The third kappa shape index (κ3) is 5.30. The van der Waals surface area contributed by atoms with E-state index in [9.17, 15) is 18.0 Å². The fourth-order valence-electron chi connectivity index (χ4n) is 3.65. The Morgan fingerprint density at radius 3 is 2.50 bits per heavy atom. The van der Waals surface area contributed by atoms with Crippen LogP contribution in [0.25, 0.3) is 11.1 Å². The maximum absolute atomic E-state index is 13.2. The summed E-state index contributed by atoms with van der Waals surface area (Å²) < 4.78 is 45.9. The number of ether oxygens (including phenoxy) is 1. The van der Waals surface area contributed by atoms with Crippen LogP contribution < -0.4 is 15.4 Å². The molecule has 2 aromatic carbocycles. The summed E-state index contributed by atoms with van der Waals surface area (Å²) in [6, 6.07) is 15.8. The van der Waals surface area contributed by atoms with Crippen LogP contribution in [0.2, 0.25) is 0 Å². The van der Waals surface area contributed by atoms with E-state index in [1.54, 1.807) is 37.6 Å². The van der Waals surface area contributed by atoms with E-state index < -0.39 is 17.6 Å². The molecule has 9 heteroatoms. The molecule has 2 N–H and O–H groups in total. The number of aryl methyl sites for hydroxylation is 1. The monoisotopic (exact) mass is 492 g/mol. The van der Waals surface area contributed by atoms with Crippen molar-refractivity contribution in [1.29, 1.82) is 0 Å². The maximum Gasteiger partial charge on any atom is 0.416 e. The van der Waals surface area contributed by atoms with E-state index in [1.165, 1.54) is 25.1 Å². The number of nitrogens with zero attached hydrogens (tertiary/aromatic N) is 2. The minimum absolute atomic E-state index is 0.0571. The van der Waals surface area contributed by atoms with Crippen molar-refractivity contribution >= 4 is 17.4 Å². The zero-order valence-electron chi connectivity index (χ0n) is 19.8. The largest absolute Gasteiger partial charge is 0.438 e. The maximum atomic E-state index is 13.2. The first-order valence-corrected chi connectivity index (χ1v) is 11.0. The van der Waals surface area contributed by atoms with Gasteiger partial charge in [-0.2, -0.15) is 13.2 Å². The molecule has 2 heterocycles. The van der Waals surface area contributed by atoms with Crippen LogP contribution in [0.5, 0.6) is 11.6 Å². The summed E-state index contributed by atoms with van der Waals surface area (Å²) in [5, 5.41) is 5.57. The van der Waals surface area contributed by atoms with Gasteiger partial charge in [-0.25, -0.2) is 9.97 Å². The van der Waals surface area contributed by atoms with Gasteiger partial charge in [0.05, 0.1) is 5.56 Å². The highest BCUT2D eigenvalue weighted by Crippen LogP contribution is 2.36. The van der Waals surface area contributed by atoms with Crippen molar-refractivity contribution in [2.45, 2.75) is 20.0 Å². The fraction of sp³-hybridized carbons (Fsp3) is 0.148. The minimum Gasteiger partial charge on any atom is -0.438 e. The second-order valence-electron chi connectivity index (χ2n) is 8.05. The minimum atomic E-state index is -4.52. The standard InChI is InChI=1S/C27H23F3N4O2/c1-16-9-10-19(25(35)34-22-8-4-7-21(17(22)2)27(28,29)30)14-23(16)36-26-20(6-5-12-33-26)18-11-13-32-24(15-18)31-3/h4-15H,1-3H3,(H,31,32)(H,34,35). The van der Waals surface area contributed by atoms with E-state index in [2.05, 4.69) is 20.6 Å². The van der Waals surface area contributed by atoms with Crippen LogP contribution in [0.15, 0.2) is 73.1 Å². The highest BCUT2D eigenvalue weighted by Gasteiger charge is 2.33. The Balaban J connectivity index is 1.62. The lowest BCUT2D eigenvalue weighted by Gasteiger charge is -2.16. The van der Waals surface area contributed by atoms with Crippen molar-refractivity contribution in [3.05, 3.63) is 95.3 Å². The van der Waals surface area contributed by atoms with Gasteiger partial charge in [-0.15, -0.1) is 0 Å². The molecule has 0 aliphatic carbocycles. The van der Waals surface area contributed by atoms with E-state index in [0.717, 1.165) is 22.8 Å². The molecule has 0 aliphatic rings. The first-order valence-electron chi connectivity index (χ1n) is 11.0. The number of rotatable bonds is 6. The molecule has 0 unspecified atom stereocenters. The molecule has 0 atom stereocenters. The number of alkyl halides is 3. The lowest BCUT2D eigenvalue weighted by molar-refractivity contribution is -0.138. The fourth-order valence-corrected chi connectivity index (χ4v) is 3.65. The number of carbonyl (C=O) groups is 1. The summed E-state index contributed by atoms with van der Waals surface area (Å²) >= 11 is 0. The van der Waals surface area contributed by atoms with Crippen LogP contribution in [0.1, 0.15) is 27.0 Å². The number of nitrogens with one attached hydrogen (secondary N) is 2. The third-order valence-electron chi connectivity index (χ3n) is 5.64. The van der Waals surface area contributed by atoms with Gasteiger partial charge < -0.3 is 15.4 Å². The van der Waals surface area contributed by atoms with Gasteiger partial charge in [0.25, 0.3) is 5.91 Å². The Morgan fingerprint density at radius 2 is 1.75 bits per heavy atom. The highest BCUT2D eigenvalue weighted by molar-refractivity contribution is 6.05. The van der Waals surface area contributed by atoms with Crippen LogP contribution in [0, 0.1) is 13.8 Å². The third-order valence-corrected chi connectivity index (χ3v) is 5.64. The SMILES string of the molecule is CNc1cc(-c2cccnc2Oc2cc(C(=O)Nc3cccc(C(F)(F)F)c3C)ccc2C)ccn1. The zero-order valence-corrected chi connectivity index (χ0v) is 19.8. The van der Waals surface area contributed by atoms with Crippen LogP contribution in [0.4, 0.5) is 24.7 Å². The summed E-state index contributed by atoms with van der Waals surface area (Å²) in [6.07, 6.45) is -1.25. The molecular formula is C27H23F3N4O2. The van der Waals surface area contributed by atoms with Crippen molar-refractivity contribution in [2.24, 2.45) is 0 Å². The van der Waals surface area contributed by atoms with E-state index in [4.69, 9.17) is 4.74 Å². The van der Waals surface area contributed by atoms with Crippen molar-refractivity contribution in [1.82, 2.24) is 9.97 Å². The lowest BCUT2D eigenvalue weighted by atomic mass is 10.1. The summed E-state index contributed by atoms with van der Waals surface area (Å²) in [5.74, 6) is 0.852. The Hall–Kier alpha value is -4.40. The molecule has 0 saturated carbocycles. The molecule has 0 radical (unpaired) electrons. The van der Waals surface area contributed by atoms with E-state index in [-0.39, 0.29) is 16.8 Å². The van der Waals surface area contributed by atoms with E-state index in [1.807, 2.05) is 25.1 Å². The van der Waals surface area contributed by atoms with Crippen molar-refractivity contribution in [3.63, 3.8) is 0 Å². The first kappa shape index (κ1) is 24.7. The van der Waals surface area contributed by atoms with Gasteiger partial charge in [-0.05, 0) is 79.1 Å².